The van der Waals surface area contributed by atoms with Gasteiger partial charge >= 0.3 is 6.03 Å². The SMILES string of the molecule is CC(Nc1nccc(N(C(=O)Nc2c(F)cccc2F)c2ccc(F)cc2)n1)c1ccccc1. The summed E-state index contributed by atoms with van der Waals surface area (Å²) in [6.07, 6.45) is 1.44. The molecule has 0 saturated carbocycles. The van der Waals surface area contributed by atoms with Crippen molar-refractivity contribution in [3.8, 4) is 0 Å². The molecule has 0 saturated heterocycles. The maximum atomic E-state index is 14.1. The highest BCUT2D eigenvalue weighted by Crippen LogP contribution is 2.28. The molecule has 0 radical (unpaired) electrons. The van der Waals surface area contributed by atoms with Crippen LogP contribution in [0.2, 0.25) is 0 Å². The number of nitrogens with zero attached hydrogens (tertiary/aromatic N) is 3. The van der Waals surface area contributed by atoms with Crippen LogP contribution in [0.15, 0.2) is 85.1 Å². The molecule has 172 valence electrons. The van der Waals surface area contributed by atoms with Gasteiger partial charge in [0.1, 0.15) is 29.0 Å². The fourth-order valence-electron chi connectivity index (χ4n) is 3.29. The zero-order valence-electron chi connectivity index (χ0n) is 18.0. The van der Waals surface area contributed by atoms with Crippen LogP contribution < -0.4 is 15.5 Å². The van der Waals surface area contributed by atoms with Crippen molar-refractivity contribution >= 4 is 29.2 Å². The lowest BCUT2D eigenvalue weighted by molar-refractivity contribution is 0.258. The second kappa shape index (κ2) is 10.0. The molecule has 34 heavy (non-hydrogen) atoms. The Morgan fingerprint density at radius 3 is 2.24 bits per heavy atom. The van der Waals surface area contributed by atoms with Gasteiger partial charge in [0.15, 0.2) is 0 Å². The molecule has 3 aromatic carbocycles. The monoisotopic (exact) mass is 463 g/mol. The highest BCUT2D eigenvalue weighted by Gasteiger charge is 2.23. The van der Waals surface area contributed by atoms with Crippen molar-refractivity contribution in [1.29, 1.82) is 0 Å². The molecule has 2 N–H and O–H groups in total. The number of halogens is 3. The maximum absolute atomic E-state index is 14.1. The zero-order valence-corrected chi connectivity index (χ0v) is 18.0. The zero-order chi connectivity index (χ0) is 24.1. The number of carbonyl (C=O) groups excluding carboxylic acids is 1. The Hall–Kier alpha value is -4.40. The molecule has 0 aliphatic carbocycles. The van der Waals surface area contributed by atoms with Crippen molar-refractivity contribution in [2.24, 2.45) is 0 Å². The molecule has 9 heteroatoms. The van der Waals surface area contributed by atoms with Crippen LogP contribution in [0.1, 0.15) is 18.5 Å². The lowest BCUT2D eigenvalue weighted by atomic mass is 10.1. The average molecular weight is 463 g/mol. The second-order valence-electron chi connectivity index (χ2n) is 7.35. The van der Waals surface area contributed by atoms with E-state index in [1.165, 1.54) is 30.5 Å². The minimum absolute atomic E-state index is 0.110. The van der Waals surface area contributed by atoms with Gasteiger partial charge in [0.05, 0.1) is 11.7 Å². The van der Waals surface area contributed by atoms with Crippen molar-refractivity contribution in [2.45, 2.75) is 13.0 Å². The van der Waals surface area contributed by atoms with Crippen LogP contribution in [0.3, 0.4) is 0 Å². The van der Waals surface area contributed by atoms with Gasteiger partial charge in [-0.05, 0) is 48.9 Å². The first-order valence-corrected chi connectivity index (χ1v) is 10.4. The lowest BCUT2D eigenvalue weighted by Gasteiger charge is -2.23. The first kappa shape index (κ1) is 22.8. The molecule has 0 aliphatic rings. The van der Waals surface area contributed by atoms with Crippen LogP contribution in [-0.4, -0.2) is 16.0 Å². The predicted molar refractivity (Wildman–Crippen MR) is 124 cm³/mol. The van der Waals surface area contributed by atoms with Crippen LogP contribution in [-0.2, 0) is 0 Å². The molecule has 0 fully saturated rings. The molecule has 1 atom stereocenters. The number of benzene rings is 3. The first-order valence-electron chi connectivity index (χ1n) is 10.4. The van der Waals surface area contributed by atoms with E-state index in [1.807, 2.05) is 37.3 Å². The van der Waals surface area contributed by atoms with Crippen LogP contribution in [0.4, 0.5) is 41.1 Å². The molecule has 1 heterocycles. The lowest BCUT2D eigenvalue weighted by Crippen LogP contribution is -2.32. The van der Waals surface area contributed by atoms with E-state index in [0.717, 1.165) is 34.7 Å². The van der Waals surface area contributed by atoms with Crippen molar-refractivity contribution in [3.05, 3.63) is 108 Å². The summed E-state index contributed by atoms with van der Waals surface area (Å²) in [5.74, 6) is -2.04. The van der Waals surface area contributed by atoms with Crippen LogP contribution in [0, 0.1) is 17.5 Å². The standard InChI is InChI=1S/C25H20F3N5O/c1-16(17-6-3-2-4-7-17)30-24-29-15-14-22(31-24)33(19-12-10-18(26)11-13-19)25(34)32-23-20(27)8-5-9-21(23)28/h2-16H,1H3,(H,32,34)(H,29,30,31). The normalized spacial score (nSPS) is 11.5. The Morgan fingerprint density at radius 1 is 0.882 bits per heavy atom. The van der Waals surface area contributed by atoms with Gasteiger partial charge in [0, 0.05) is 12.3 Å². The van der Waals surface area contributed by atoms with Crippen LogP contribution >= 0.6 is 0 Å². The third-order valence-electron chi connectivity index (χ3n) is 5.00. The van der Waals surface area contributed by atoms with E-state index in [9.17, 15) is 18.0 Å². The summed E-state index contributed by atoms with van der Waals surface area (Å²) >= 11 is 0. The van der Waals surface area contributed by atoms with E-state index in [1.54, 1.807) is 0 Å². The number of urea groups is 1. The molecule has 0 bridgehead atoms. The number of aromatic nitrogens is 2. The highest BCUT2D eigenvalue weighted by atomic mass is 19.1. The van der Waals surface area contributed by atoms with E-state index in [-0.39, 0.29) is 23.5 Å². The van der Waals surface area contributed by atoms with Crippen molar-refractivity contribution in [2.75, 3.05) is 15.5 Å². The summed E-state index contributed by atoms with van der Waals surface area (Å²) in [6, 6.07) is 18.3. The van der Waals surface area contributed by atoms with Crippen molar-refractivity contribution in [3.63, 3.8) is 0 Å². The summed E-state index contributed by atoms with van der Waals surface area (Å²) in [4.78, 5) is 22.9. The van der Waals surface area contributed by atoms with Gasteiger partial charge in [-0.3, -0.25) is 0 Å². The third kappa shape index (κ3) is 5.15. The molecule has 2 amide bonds. The average Bonchev–Trinajstić information content (AvgIpc) is 2.84. The van der Waals surface area contributed by atoms with Gasteiger partial charge in [-0.25, -0.2) is 27.8 Å². The molecule has 0 aliphatic heterocycles. The van der Waals surface area contributed by atoms with Gasteiger partial charge in [-0.1, -0.05) is 36.4 Å². The quantitative estimate of drug-likeness (QED) is 0.345. The highest BCUT2D eigenvalue weighted by molar-refractivity contribution is 6.06. The van der Waals surface area contributed by atoms with E-state index in [2.05, 4.69) is 20.6 Å². The second-order valence-corrected chi connectivity index (χ2v) is 7.35. The van der Waals surface area contributed by atoms with Gasteiger partial charge < -0.3 is 10.6 Å². The topological polar surface area (TPSA) is 70.2 Å². The number of hydrogen-bond acceptors (Lipinski definition) is 4. The Labute approximate surface area is 194 Å². The summed E-state index contributed by atoms with van der Waals surface area (Å²) in [5, 5.41) is 5.40. The van der Waals surface area contributed by atoms with Crippen LogP contribution in [0.25, 0.3) is 0 Å². The largest absolute Gasteiger partial charge is 0.348 e. The number of hydrogen-bond donors (Lipinski definition) is 2. The summed E-state index contributed by atoms with van der Waals surface area (Å²) in [6.45, 7) is 1.93. The molecule has 0 spiro atoms. The first-order chi connectivity index (χ1) is 16.4. The fourth-order valence-corrected chi connectivity index (χ4v) is 3.29. The van der Waals surface area contributed by atoms with Gasteiger partial charge in [0.25, 0.3) is 0 Å². The van der Waals surface area contributed by atoms with E-state index in [0.29, 0.717) is 0 Å². The Kier molecular flexibility index (Phi) is 6.72. The van der Waals surface area contributed by atoms with Gasteiger partial charge in [-0.15, -0.1) is 0 Å². The summed E-state index contributed by atoms with van der Waals surface area (Å²) in [5.41, 5.74) is 0.626. The summed E-state index contributed by atoms with van der Waals surface area (Å²) in [7, 11) is 0. The molecular weight excluding hydrogens is 443 g/mol. The third-order valence-corrected chi connectivity index (χ3v) is 5.00. The molecule has 4 aromatic rings. The van der Waals surface area contributed by atoms with Crippen molar-refractivity contribution in [1.82, 2.24) is 9.97 Å². The number of para-hydroxylation sites is 1. The van der Waals surface area contributed by atoms with E-state index < -0.39 is 29.2 Å². The Balaban J connectivity index is 1.67. The minimum atomic E-state index is -0.936. The molecule has 6 nitrogen and oxygen atoms in total. The number of carbonyl (C=O) groups is 1. The Morgan fingerprint density at radius 2 is 1.56 bits per heavy atom. The molecular formula is C25H20F3N5O. The molecule has 1 aromatic heterocycles. The number of rotatable bonds is 6. The minimum Gasteiger partial charge on any atom is -0.348 e. The van der Waals surface area contributed by atoms with Crippen LogP contribution in [0.5, 0.6) is 0 Å². The maximum Gasteiger partial charge on any atom is 0.332 e. The predicted octanol–water partition coefficient (Wildman–Crippen LogP) is 6.44. The van der Waals surface area contributed by atoms with Crippen molar-refractivity contribution < 1.29 is 18.0 Å². The summed E-state index contributed by atoms with van der Waals surface area (Å²) < 4.78 is 41.8. The number of anilines is 4. The molecule has 1 unspecified atom stereocenters. The number of nitrogens with one attached hydrogen (secondary N) is 2. The smallest absolute Gasteiger partial charge is 0.332 e. The van der Waals surface area contributed by atoms with Gasteiger partial charge in [-0.2, -0.15) is 4.98 Å². The Bertz CT molecular complexity index is 1270. The molecule has 4 rings (SSSR count). The fraction of sp³-hybridized carbons (Fsp3) is 0.0800. The number of amides is 2. The van der Waals surface area contributed by atoms with E-state index in [4.69, 9.17) is 0 Å². The van der Waals surface area contributed by atoms with E-state index >= 15 is 0 Å². The van der Waals surface area contributed by atoms with Gasteiger partial charge in [0.2, 0.25) is 5.95 Å².